The first-order valence-electron chi connectivity index (χ1n) is 12.6. The zero-order valence-corrected chi connectivity index (χ0v) is 21.5. The van der Waals surface area contributed by atoms with E-state index < -0.39 is 0 Å². The Labute approximate surface area is 216 Å². The molecule has 0 bridgehead atoms. The highest BCUT2D eigenvalue weighted by Gasteiger charge is 2.35. The van der Waals surface area contributed by atoms with Crippen LogP contribution < -0.4 is 15.0 Å². The monoisotopic (exact) mass is 509 g/mol. The number of ether oxygens (including phenoxy) is 1. The number of hydrogen-bond acceptors (Lipinski definition) is 5. The van der Waals surface area contributed by atoms with Crippen LogP contribution in [0.1, 0.15) is 57.9 Å². The summed E-state index contributed by atoms with van der Waals surface area (Å²) in [7, 11) is 0. The zero-order chi connectivity index (χ0) is 25.5. The maximum absolute atomic E-state index is 13.5. The smallest absolute Gasteiger partial charge is 0.283 e. The van der Waals surface area contributed by atoms with Crippen molar-refractivity contribution in [1.29, 1.82) is 0 Å². The van der Waals surface area contributed by atoms with Crippen molar-refractivity contribution in [2.45, 2.75) is 63.7 Å². The van der Waals surface area contributed by atoms with Gasteiger partial charge in [-0.2, -0.15) is 0 Å². The molecule has 0 saturated heterocycles. The fourth-order valence-electron chi connectivity index (χ4n) is 4.37. The van der Waals surface area contributed by atoms with Gasteiger partial charge in [-0.25, -0.2) is 9.38 Å². The Morgan fingerprint density at radius 1 is 1.14 bits per heavy atom. The molecule has 0 spiro atoms. The molecule has 1 heterocycles. The molecule has 1 saturated carbocycles. The summed E-state index contributed by atoms with van der Waals surface area (Å²) in [5.41, 5.74) is 1.55. The van der Waals surface area contributed by atoms with Crippen molar-refractivity contribution in [3.8, 4) is 5.75 Å². The molecule has 2 aromatic rings. The Balaban J connectivity index is 1.60. The first-order chi connectivity index (χ1) is 17.5. The van der Waals surface area contributed by atoms with E-state index in [1.165, 1.54) is 35.2 Å². The summed E-state index contributed by atoms with van der Waals surface area (Å²) in [5, 5.41) is 3.27. The van der Waals surface area contributed by atoms with Crippen molar-refractivity contribution >= 4 is 40.5 Å². The van der Waals surface area contributed by atoms with E-state index in [4.69, 9.17) is 4.74 Å². The van der Waals surface area contributed by atoms with E-state index in [1.54, 1.807) is 18.2 Å². The predicted molar refractivity (Wildman–Crippen MR) is 144 cm³/mol. The number of thioether (sulfide) groups is 1. The van der Waals surface area contributed by atoms with Crippen LogP contribution in [0.2, 0.25) is 0 Å². The molecule has 0 radical (unpaired) electrons. The second kappa shape index (κ2) is 12.2. The first-order valence-corrected chi connectivity index (χ1v) is 13.5. The molecular formula is C28H32FN3O3S. The summed E-state index contributed by atoms with van der Waals surface area (Å²) in [4.78, 5) is 32.8. The van der Waals surface area contributed by atoms with Gasteiger partial charge in [0.15, 0.2) is 5.17 Å². The van der Waals surface area contributed by atoms with Crippen LogP contribution in [-0.2, 0) is 9.59 Å². The minimum Gasteiger partial charge on any atom is -0.494 e. The number of carbonyl (C=O) groups excluding carboxylic acids is 2. The van der Waals surface area contributed by atoms with Gasteiger partial charge in [0.2, 0.25) is 5.91 Å². The number of nitrogens with zero attached hydrogens (tertiary/aromatic N) is 2. The largest absolute Gasteiger partial charge is 0.494 e. The van der Waals surface area contributed by atoms with E-state index in [1.807, 2.05) is 38.1 Å². The van der Waals surface area contributed by atoms with Gasteiger partial charge in [0.25, 0.3) is 5.91 Å². The number of anilines is 1. The third-order valence-corrected chi connectivity index (χ3v) is 7.59. The molecule has 2 aromatic carbocycles. The summed E-state index contributed by atoms with van der Waals surface area (Å²) in [6.07, 6.45) is 7.75. The lowest BCUT2D eigenvalue weighted by Gasteiger charge is -2.26. The third kappa shape index (κ3) is 6.35. The van der Waals surface area contributed by atoms with Crippen molar-refractivity contribution in [3.05, 3.63) is 65.6 Å². The van der Waals surface area contributed by atoms with Crippen LogP contribution in [0.15, 0.2) is 59.2 Å². The SMILES string of the molecule is CCOc1ccc(N2C(=O)/C(=C\c3ccc(F)cc3)N=C2S[C@@H](CC)C(=O)NC2CCCCC2)cc1. The van der Waals surface area contributed by atoms with Gasteiger partial charge < -0.3 is 10.1 Å². The van der Waals surface area contributed by atoms with E-state index in [-0.39, 0.29) is 34.6 Å². The quantitative estimate of drug-likeness (QED) is 0.448. The van der Waals surface area contributed by atoms with Crippen LogP contribution in [0.5, 0.6) is 5.75 Å². The number of carbonyl (C=O) groups is 2. The highest BCUT2D eigenvalue weighted by Crippen LogP contribution is 2.33. The summed E-state index contributed by atoms with van der Waals surface area (Å²) < 4.78 is 18.9. The standard InChI is InChI=1S/C28H32FN3O3S/c1-3-25(26(33)30-21-8-6-5-7-9-21)36-28-31-24(18-19-10-12-20(29)13-11-19)27(34)32(28)22-14-16-23(17-15-22)35-4-2/h10-18,21,25H,3-9H2,1-2H3,(H,30,33)/b24-18+/t25-/m0/s1. The van der Waals surface area contributed by atoms with Crippen LogP contribution in [0.4, 0.5) is 10.1 Å². The Morgan fingerprint density at radius 3 is 2.47 bits per heavy atom. The second-order valence-corrected chi connectivity index (χ2v) is 10.1. The maximum Gasteiger partial charge on any atom is 0.283 e. The van der Waals surface area contributed by atoms with E-state index in [0.717, 1.165) is 25.7 Å². The van der Waals surface area contributed by atoms with Crippen molar-refractivity contribution in [2.75, 3.05) is 11.5 Å². The number of aliphatic imine (C=N–C) groups is 1. The van der Waals surface area contributed by atoms with E-state index in [2.05, 4.69) is 10.3 Å². The summed E-state index contributed by atoms with van der Waals surface area (Å²) in [6, 6.07) is 13.3. The molecule has 6 nitrogen and oxygen atoms in total. The summed E-state index contributed by atoms with van der Waals surface area (Å²) in [6.45, 7) is 4.42. The van der Waals surface area contributed by atoms with Gasteiger partial charge in [-0.05, 0) is 74.2 Å². The Bertz CT molecular complexity index is 1130. The van der Waals surface area contributed by atoms with E-state index >= 15 is 0 Å². The topological polar surface area (TPSA) is 71.0 Å². The van der Waals surface area contributed by atoms with Crippen LogP contribution in [0.25, 0.3) is 6.08 Å². The van der Waals surface area contributed by atoms with Crippen LogP contribution >= 0.6 is 11.8 Å². The lowest BCUT2D eigenvalue weighted by Crippen LogP contribution is -2.42. The summed E-state index contributed by atoms with van der Waals surface area (Å²) >= 11 is 1.30. The number of amides is 2. The minimum absolute atomic E-state index is 0.0212. The van der Waals surface area contributed by atoms with Gasteiger partial charge in [0.05, 0.1) is 17.5 Å². The maximum atomic E-state index is 13.5. The van der Waals surface area contributed by atoms with Crippen LogP contribution in [0, 0.1) is 5.82 Å². The molecular weight excluding hydrogens is 477 g/mol. The lowest BCUT2D eigenvalue weighted by atomic mass is 9.95. The summed E-state index contributed by atoms with van der Waals surface area (Å²) in [5.74, 6) is 0.0421. The normalized spacial score (nSPS) is 18.3. The molecule has 36 heavy (non-hydrogen) atoms. The molecule has 2 amide bonds. The van der Waals surface area contributed by atoms with Crippen molar-refractivity contribution in [3.63, 3.8) is 0 Å². The van der Waals surface area contributed by atoms with Crippen molar-refractivity contribution in [1.82, 2.24) is 5.32 Å². The van der Waals surface area contributed by atoms with Gasteiger partial charge in [-0.1, -0.05) is 50.1 Å². The highest BCUT2D eigenvalue weighted by molar-refractivity contribution is 8.15. The molecule has 4 rings (SSSR count). The van der Waals surface area contributed by atoms with E-state index in [0.29, 0.717) is 35.2 Å². The van der Waals surface area contributed by atoms with Gasteiger partial charge >= 0.3 is 0 Å². The van der Waals surface area contributed by atoms with Crippen LogP contribution in [-0.4, -0.2) is 34.9 Å². The predicted octanol–water partition coefficient (Wildman–Crippen LogP) is 5.93. The number of benzene rings is 2. The molecule has 1 aliphatic heterocycles. The Kier molecular flexibility index (Phi) is 8.80. The highest BCUT2D eigenvalue weighted by atomic mass is 32.2. The lowest BCUT2D eigenvalue weighted by molar-refractivity contribution is -0.121. The molecule has 0 aromatic heterocycles. The number of hydrogen-bond donors (Lipinski definition) is 1. The van der Waals surface area contributed by atoms with Gasteiger partial charge in [0.1, 0.15) is 17.3 Å². The molecule has 0 unspecified atom stereocenters. The average Bonchev–Trinajstić information content (AvgIpc) is 3.19. The molecule has 1 fully saturated rings. The first kappa shape index (κ1) is 25.9. The molecule has 1 aliphatic carbocycles. The van der Waals surface area contributed by atoms with Crippen molar-refractivity contribution in [2.24, 2.45) is 4.99 Å². The molecule has 190 valence electrons. The van der Waals surface area contributed by atoms with Crippen LogP contribution in [0.3, 0.4) is 0 Å². The molecule has 1 N–H and O–H groups in total. The number of rotatable bonds is 8. The van der Waals surface area contributed by atoms with Gasteiger partial charge in [0, 0.05) is 6.04 Å². The van der Waals surface area contributed by atoms with E-state index in [9.17, 15) is 14.0 Å². The fourth-order valence-corrected chi connectivity index (χ4v) is 5.41. The molecule has 2 aliphatic rings. The number of amidine groups is 1. The average molecular weight is 510 g/mol. The second-order valence-electron chi connectivity index (χ2n) is 8.90. The third-order valence-electron chi connectivity index (χ3n) is 6.27. The van der Waals surface area contributed by atoms with Gasteiger partial charge in [-0.15, -0.1) is 0 Å². The number of halogens is 1. The molecule has 8 heteroatoms. The Morgan fingerprint density at radius 2 is 1.83 bits per heavy atom. The minimum atomic E-state index is -0.381. The Hall–Kier alpha value is -3.13. The zero-order valence-electron chi connectivity index (χ0n) is 20.7. The fraction of sp³-hybridized carbons (Fsp3) is 0.393. The van der Waals surface area contributed by atoms with Gasteiger partial charge in [-0.3, -0.25) is 14.5 Å². The van der Waals surface area contributed by atoms with Crippen molar-refractivity contribution < 1.29 is 18.7 Å². The number of nitrogens with one attached hydrogen (secondary N) is 1. The molecule has 1 atom stereocenters.